The van der Waals surface area contributed by atoms with E-state index in [0.29, 0.717) is 17.6 Å². The number of likely N-dealkylation sites (N-methyl/N-ethyl adjacent to an activating group) is 1. The smallest absolute Gasteiger partial charge is 0.434 e. The van der Waals surface area contributed by atoms with E-state index in [0.717, 1.165) is 10.6 Å². The number of alkyl halides is 3. The zero-order chi connectivity index (χ0) is 20.8. The number of anilines is 1. The van der Waals surface area contributed by atoms with Gasteiger partial charge in [-0.2, -0.15) is 13.2 Å². The van der Waals surface area contributed by atoms with Gasteiger partial charge in [0.2, 0.25) is 5.82 Å². The summed E-state index contributed by atoms with van der Waals surface area (Å²) in [4.78, 5) is 29.9. The molecule has 0 bridgehead atoms. The molecule has 1 aliphatic heterocycles. The van der Waals surface area contributed by atoms with Crippen LogP contribution in [0.3, 0.4) is 0 Å². The van der Waals surface area contributed by atoms with Gasteiger partial charge in [-0.1, -0.05) is 12.1 Å². The van der Waals surface area contributed by atoms with Crippen LogP contribution in [0.2, 0.25) is 0 Å². The average Bonchev–Trinajstić information content (AvgIpc) is 3.08. The molecule has 0 saturated carbocycles. The van der Waals surface area contributed by atoms with Crippen molar-refractivity contribution in [3.05, 3.63) is 48.2 Å². The number of ether oxygens (including phenoxy) is 1. The van der Waals surface area contributed by atoms with Gasteiger partial charge in [0.25, 0.3) is 11.8 Å². The number of amides is 2. The average molecular weight is 406 g/mol. The molecule has 0 radical (unpaired) electrons. The Morgan fingerprint density at radius 2 is 2.03 bits per heavy atom. The van der Waals surface area contributed by atoms with Gasteiger partial charge in [-0.05, 0) is 12.1 Å². The van der Waals surface area contributed by atoms with Crippen LogP contribution in [-0.4, -0.2) is 51.1 Å². The van der Waals surface area contributed by atoms with Crippen molar-refractivity contribution in [1.29, 1.82) is 0 Å². The molecule has 4 rings (SSSR count). The van der Waals surface area contributed by atoms with Gasteiger partial charge in [-0.15, -0.1) is 10.2 Å². The highest BCUT2D eigenvalue weighted by Crippen LogP contribution is 2.30. The fraction of sp³-hybridized carbons (Fsp3) is 0.235. The van der Waals surface area contributed by atoms with Gasteiger partial charge in [0.05, 0.1) is 11.9 Å². The molecule has 0 spiro atoms. The molecule has 0 fully saturated rings. The maximum atomic E-state index is 12.9. The van der Waals surface area contributed by atoms with Crippen LogP contribution in [0.5, 0.6) is 5.75 Å². The highest BCUT2D eigenvalue weighted by atomic mass is 19.4. The molecular weight excluding hydrogens is 393 g/mol. The Balaban J connectivity index is 1.61. The van der Waals surface area contributed by atoms with E-state index in [1.807, 2.05) is 0 Å². The van der Waals surface area contributed by atoms with Crippen molar-refractivity contribution < 1.29 is 27.5 Å². The minimum absolute atomic E-state index is 0.0453. The lowest BCUT2D eigenvalue weighted by Gasteiger charge is -2.20. The molecule has 1 unspecified atom stereocenters. The SMILES string of the molecule is CN1C(=O)C(NC(=O)c2nnc3cnc(C(F)(F)F)cn23)COc2ccccc21. The molecule has 29 heavy (non-hydrogen) atoms. The lowest BCUT2D eigenvalue weighted by molar-refractivity contribution is -0.141. The van der Waals surface area contributed by atoms with E-state index in [1.165, 1.54) is 11.9 Å². The second-order valence-corrected chi connectivity index (χ2v) is 6.22. The number of nitrogens with zero attached hydrogens (tertiary/aromatic N) is 5. The van der Waals surface area contributed by atoms with E-state index in [4.69, 9.17) is 4.74 Å². The summed E-state index contributed by atoms with van der Waals surface area (Å²) in [6.07, 6.45) is -3.22. The summed E-state index contributed by atoms with van der Waals surface area (Å²) in [6.45, 7) is -0.155. The highest BCUT2D eigenvalue weighted by molar-refractivity contribution is 6.02. The zero-order valence-electron chi connectivity index (χ0n) is 14.8. The molecule has 1 atom stereocenters. The predicted octanol–water partition coefficient (Wildman–Crippen LogP) is 1.30. The van der Waals surface area contributed by atoms with Gasteiger partial charge in [-0.3, -0.25) is 14.0 Å². The van der Waals surface area contributed by atoms with E-state index in [-0.39, 0.29) is 12.3 Å². The van der Waals surface area contributed by atoms with E-state index in [9.17, 15) is 22.8 Å². The lowest BCUT2D eigenvalue weighted by atomic mass is 10.2. The van der Waals surface area contributed by atoms with Crippen molar-refractivity contribution in [2.24, 2.45) is 0 Å². The first-order valence-electron chi connectivity index (χ1n) is 8.34. The Labute approximate surface area is 161 Å². The van der Waals surface area contributed by atoms with E-state index >= 15 is 0 Å². The van der Waals surface area contributed by atoms with Crippen molar-refractivity contribution in [2.75, 3.05) is 18.6 Å². The highest BCUT2D eigenvalue weighted by Gasteiger charge is 2.34. The van der Waals surface area contributed by atoms with Crippen LogP contribution < -0.4 is 15.0 Å². The van der Waals surface area contributed by atoms with Crippen LogP contribution in [0.1, 0.15) is 16.3 Å². The van der Waals surface area contributed by atoms with Crippen LogP contribution in [0.25, 0.3) is 5.65 Å². The molecule has 3 aromatic rings. The van der Waals surface area contributed by atoms with Crippen molar-refractivity contribution in [3.63, 3.8) is 0 Å². The molecule has 2 amide bonds. The van der Waals surface area contributed by atoms with Crippen LogP contribution >= 0.6 is 0 Å². The minimum Gasteiger partial charge on any atom is -0.489 e. The number of halogens is 3. The third kappa shape index (κ3) is 3.32. The number of rotatable bonds is 2. The molecule has 9 nitrogen and oxygen atoms in total. The summed E-state index contributed by atoms with van der Waals surface area (Å²) in [6, 6.07) is 5.77. The number of nitrogens with one attached hydrogen (secondary N) is 1. The molecule has 3 heterocycles. The second-order valence-electron chi connectivity index (χ2n) is 6.22. The molecule has 2 aromatic heterocycles. The molecule has 0 aliphatic carbocycles. The number of hydrogen-bond acceptors (Lipinski definition) is 6. The van der Waals surface area contributed by atoms with Crippen molar-refractivity contribution >= 4 is 23.1 Å². The summed E-state index contributed by atoms with van der Waals surface area (Å²) in [5.74, 6) is -1.27. The number of fused-ring (bicyclic) bond motifs is 2. The Bertz CT molecular complexity index is 1110. The fourth-order valence-electron chi connectivity index (χ4n) is 2.88. The monoisotopic (exact) mass is 406 g/mol. The molecule has 1 aromatic carbocycles. The van der Waals surface area contributed by atoms with Crippen molar-refractivity contribution in [3.8, 4) is 5.75 Å². The number of hydrogen-bond donors (Lipinski definition) is 1. The Morgan fingerprint density at radius 3 is 2.79 bits per heavy atom. The predicted molar refractivity (Wildman–Crippen MR) is 92.4 cm³/mol. The Morgan fingerprint density at radius 1 is 1.28 bits per heavy atom. The Kier molecular flexibility index (Phi) is 4.32. The second kappa shape index (κ2) is 6.72. The molecule has 150 valence electrons. The molecule has 0 saturated heterocycles. The number of carbonyl (C=O) groups is 2. The standard InChI is InChI=1S/C17H13F3N6O3/c1-25-10-4-2-3-5-11(10)29-8-9(16(25)28)22-15(27)14-24-23-13-6-21-12(7-26(13)14)17(18,19)20/h2-7,9H,8H2,1H3,(H,22,27). The van der Waals surface area contributed by atoms with E-state index in [2.05, 4.69) is 20.5 Å². The summed E-state index contributed by atoms with van der Waals surface area (Å²) >= 11 is 0. The van der Waals surface area contributed by atoms with Crippen molar-refractivity contribution in [2.45, 2.75) is 12.2 Å². The Hall–Kier alpha value is -3.70. The third-order valence-corrected chi connectivity index (χ3v) is 4.35. The minimum atomic E-state index is -4.70. The van der Waals surface area contributed by atoms with Gasteiger partial charge in [-0.25, -0.2) is 4.98 Å². The first-order chi connectivity index (χ1) is 13.8. The van der Waals surface area contributed by atoms with Crippen LogP contribution in [0.15, 0.2) is 36.7 Å². The maximum absolute atomic E-state index is 12.9. The van der Waals surface area contributed by atoms with E-state index < -0.39 is 35.6 Å². The van der Waals surface area contributed by atoms with Crippen molar-refractivity contribution in [1.82, 2.24) is 24.9 Å². The summed E-state index contributed by atoms with van der Waals surface area (Å²) in [5.41, 5.74) is -0.720. The summed E-state index contributed by atoms with van der Waals surface area (Å²) < 4.78 is 45.2. The van der Waals surface area contributed by atoms with Crippen LogP contribution in [0.4, 0.5) is 18.9 Å². The lowest BCUT2D eigenvalue weighted by Crippen LogP contribution is -2.49. The topological polar surface area (TPSA) is 102 Å². The van der Waals surface area contributed by atoms with Gasteiger partial charge >= 0.3 is 6.18 Å². The van der Waals surface area contributed by atoms with Crippen LogP contribution in [-0.2, 0) is 11.0 Å². The number of benzene rings is 1. The van der Waals surface area contributed by atoms with E-state index in [1.54, 1.807) is 24.3 Å². The molecule has 1 N–H and O–H groups in total. The number of carbonyl (C=O) groups excluding carboxylic acids is 2. The van der Waals surface area contributed by atoms with Crippen LogP contribution in [0, 0.1) is 0 Å². The third-order valence-electron chi connectivity index (χ3n) is 4.35. The first kappa shape index (κ1) is 18.7. The molecular formula is C17H13F3N6O3. The van der Waals surface area contributed by atoms with Gasteiger partial charge < -0.3 is 15.0 Å². The zero-order valence-corrected chi connectivity index (χ0v) is 14.8. The summed E-state index contributed by atoms with van der Waals surface area (Å²) in [5, 5.41) is 9.70. The van der Waals surface area contributed by atoms with Gasteiger partial charge in [0.15, 0.2) is 11.3 Å². The normalized spacial score (nSPS) is 16.9. The molecule has 12 heteroatoms. The summed E-state index contributed by atoms with van der Waals surface area (Å²) in [7, 11) is 1.53. The quantitative estimate of drug-likeness (QED) is 0.688. The van der Waals surface area contributed by atoms with Gasteiger partial charge in [0.1, 0.15) is 18.4 Å². The van der Waals surface area contributed by atoms with Gasteiger partial charge in [0, 0.05) is 13.2 Å². The largest absolute Gasteiger partial charge is 0.489 e. The maximum Gasteiger partial charge on any atom is 0.434 e. The first-order valence-corrected chi connectivity index (χ1v) is 8.34. The molecule has 1 aliphatic rings. The number of para-hydroxylation sites is 2. The fourth-order valence-corrected chi connectivity index (χ4v) is 2.88. The number of aromatic nitrogens is 4.